The van der Waals surface area contributed by atoms with Gasteiger partial charge in [0.25, 0.3) is 5.91 Å². The molecule has 1 atom stereocenters. The lowest BCUT2D eigenvalue weighted by Gasteiger charge is -2.24. The van der Waals surface area contributed by atoms with Crippen molar-refractivity contribution in [1.82, 2.24) is 14.6 Å². The molecule has 10 nitrogen and oxygen atoms in total. The zero-order valence-corrected chi connectivity index (χ0v) is 22.7. The molecule has 0 spiro atoms. The van der Waals surface area contributed by atoms with Crippen molar-refractivity contribution < 1.29 is 30.4 Å². The average molecular weight is 555 g/mol. The van der Waals surface area contributed by atoms with Crippen LogP contribution >= 0.6 is 0 Å². The SMILES string of the molecule is CCc1cc2c(C(=O)NC)c(C3=CCC(F)C=C3)oc2nc1N(CCCN1CCCS1(=O)=O)S(C)(=O)=O. The van der Waals surface area contributed by atoms with Crippen molar-refractivity contribution in [2.24, 2.45) is 0 Å². The van der Waals surface area contributed by atoms with Gasteiger partial charge in [0.2, 0.25) is 25.8 Å². The number of hydrogen-bond acceptors (Lipinski definition) is 7. The highest BCUT2D eigenvalue weighted by molar-refractivity contribution is 7.92. The van der Waals surface area contributed by atoms with E-state index < -0.39 is 32.1 Å². The number of carbonyl (C=O) groups is 1. The molecule has 4 rings (SSSR count). The van der Waals surface area contributed by atoms with E-state index in [2.05, 4.69) is 10.3 Å². The molecule has 202 valence electrons. The number of halogens is 1. The molecule has 0 bridgehead atoms. The number of hydrogen-bond donors (Lipinski definition) is 1. The van der Waals surface area contributed by atoms with Gasteiger partial charge in [-0.2, -0.15) is 4.98 Å². The first-order chi connectivity index (χ1) is 17.5. The molecule has 1 amide bonds. The number of nitrogens with one attached hydrogen (secondary N) is 1. The topological polar surface area (TPSA) is 130 Å². The molecule has 1 fully saturated rings. The minimum absolute atomic E-state index is 0.0258. The number of pyridine rings is 1. The van der Waals surface area contributed by atoms with E-state index in [-0.39, 0.29) is 54.5 Å². The van der Waals surface area contributed by atoms with Gasteiger partial charge in [0.05, 0.1) is 23.0 Å². The van der Waals surface area contributed by atoms with Gasteiger partial charge in [-0.15, -0.1) is 0 Å². The van der Waals surface area contributed by atoms with Crippen LogP contribution in [0.5, 0.6) is 0 Å². The molecule has 0 aromatic carbocycles. The molecule has 0 saturated carbocycles. The molecule has 2 aromatic rings. The Kier molecular flexibility index (Phi) is 7.77. The largest absolute Gasteiger partial charge is 0.437 e. The predicted molar refractivity (Wildman–Crippen MR) is 140 cm³/mol. The lowest BCUT2D eigenvalue weighted by molar-refractivity contribution is 0.0963. The highest BCUT2D eigenvalue weighted by atomic mass is 32.2. The first-order valence-electron chi connectivity index (χ1n) is 12.1. The summed E-state index contributed by atoms with van der Waals surface area (Å²) in [7, 11) is -5.58. The Morgan fingerprint density at radius 2 is 2.14 bits per heavy atom. The number of alkyl halides is 1. The maximum Gasteiger partial charge on any atom is 0.255 e. The molecular weight excluding hydrogens is 523 g/mol. The van der Waals surface area contributed by atoms with Gasteiger partial charge < -0.3 is 9.73 Å². The van der Waals surface area contributed by atoms with E-state index in [9.17, 15) is 26.0 Å². The second kappa shape index (κ2) is 10.5. The fourth-order valence-corrected chi connectivity index (χ4v) is 7.11. The third-order valence-corrected chi connectivity index (χ3v) is 9.60. The molecule has 1 saturated heterocycles. The van der Waals surface area contributed by atoms with Crippen LogP contribution in [0.4, 0.5) is 10.2 Å². The van der Waals surface area contributed by atoms with Gasteiger partial charge in [0.1, 0.15) is 17.7 Å². The first kappa shape index (κ1) is 27.3. The molecule has 1 N–H and O–H groups in total. The number of nitrogens with zero attached hydrogens (tertiary/aromatic N) is 3. The van der Waals surface area contributed by atoms with Gasteiger partial charge in [-0.05, 0) is 37.0 Å². The number of furan rings is 1. The molecule has 2 aromatic heterocycles. The van der Waals surface area contributed by atoms with Crippen LogP contribution in [0.2, 0.25) is 0 Å². The monoisotopic (exact) mass is 554 g/mol. The lowest BCUT2D eigenvalue weighted by atomic mass is 9.99. The number of rotatable bonds is 9. The highest BCUT2D eigenvalue weighted by Crippen LogP contribution is 2.36. The molecule has 2 aliphatic rings. The summed E-state index contributed by atoms with van der Waals surface area (Å²) in [4.78, 5) is 17.4. The number of amides is 1. The number of aryl methyl sites for hydroxylation is 1. The average Bonchev–Trinajstić information content (AvgIpc) is 3.38. The Hall–Kier alpha value is -2.77. The summed E-state index contributed by atoms with van der Waals surface area (Å²) < 4.78 is 72.0. The van der Waals surface area contributed by atoms with Crippen LogP contribution in [0.3, 0.4) is 0 Å². The molecule has 1 unspecified atom stereocenters. The van der Waals surface area contributed by atoms with E-state index in [0.29, 0.717) is 35.9 Å². The normalized spacial score (nSPS) is 19.8. The Balaban J connectivity index is 1.76. The van der Waals surface area contributed by atoms with Crippen LogP contribution in [0, 0.1) is 0 Å². The summed E-state index contributed by atoms with van der Waals surface area (Å²) in [6.45, 7) is 2.51. The van der Waals surface area contributed by atoms with E-state index in [1.54, 1.807) is 18.2 Å². The van der Waals surface area contributed by atoms with Crippen molar-refractivity contribution in [2.45, 2.75) is 38.8 Å². The minimum atomic E-state index is -3.78. The van der Waals surface area contributed by atoms with Crippen LogP contribution in [-0.4, -0.2) is 76.9 Å². The predicted octanol–water partition coefficient (Wildman–Crippen LogP) is 2.62. The summed E-state index contributed by atoms with van der Waals surface area (Å²) in [6, 6.07) is 1.70. The second-order valence-electron chi connectivity index (χ2n) is 9.09. The molecule has 37 heavy (non-hydrogen) atoms. The number of fused-ring (bicyclic) bond motifs is 1. The smallest absolute Gasteiger partial charge is 0.255 e. The Morgan fingerprint density at radius 3 is 2.70 bits per heavy atom. The van der Waals surface area contributed by atoms with E-state index in [1.807, 2.05) is 6.92 Å². The Labute approximate surface area is 216 Å². The second-order valence-corrected chi connectivity index (χ2v) is 13.1. The Bertz CT molecular complexity index is 1480. The van der Waals surface area contributed by atoms with E-state index in [4.69, 9.17) is 4.42 Å². The quantitative estimate of drug-likeness (QED) is 0.504. The first-order valence-corrected chi connectivity index (χ1v) is 15.6. The molecule has 1 aliphatic heterocycles. The number of aromatic nitrogens is 1. The molecule has 13 heteroatoms. The summed E-state index contributed by atoms with van der Waals surface area (Å²) >= 11 is 0. The number of carbonyl (C=O) groups excluding carboxylic acids is 1. The maximum absolute atomic E-state index is 13.6. The van der Waals surface area contributed by atoms with Crippen LogP contribution in [0.25, 0.3) is 16.7 Å². The van der Waals surface area contributed by atoms with Gasteiger partial charge in [-0.3, -0.25) is 9.10 Å². The zero-order chi connectivity index (χ0) is 27.0. The summed E-state index contributed by atoms with van der Waals surface area (Å²) in [5.41, 5.74) is 1.44. The molecule has 0 radical (unpaired) electrons. The zero-order valence-electron chi connectivity index (χ0n) is 21.0. The van der Waals surface area contributed by atoms with E-state index in [0.717, 1.165) is 10.6 Å². The van der Waals surface area contributed by atoms with Crippen LogP contribution in [-0.2, 0) is 26.5 Å². The van der Waals surface area contributed by atoms with E-state index in [1.165, 1.54) is 17.4 Å². The van der Waals surface area contributed by atoms with Crippen molar-refractivity contribution in [3.63, 3.8) is 0 Å². The number of sulfonamides is 2. The molecule has 3 heterocycles. The van der Waals surface area contributed by atoms with Crippen molar-refractivity contribution in [2.75, 3.05) is 43.0 Å². The number of allylic oxidation sites excluding steroid dienone is 4. The summed E-state index contributed by atoms with van der Waals surface area (Å²) in [5, 5.41) is 3.02. The van der Waals surface area contributed by atoms with Crippen molar-refractivity contribution in [3.8, 4) is 0 Å². The standard InChI is InChI=1S/C24H31FN4O6S2/c1-4-16-15-19-20(23(30)26-2)21(17-7-9-18(25)10-8-17)35-24(19)27-22(16)29(36(3,31)32)13-5-11-28-12-6-14-37(28,33)34/h7-9,15,18H,4-6,10-14H2,1-3H3,(H,26,30). The fraction of sp³-hybridized carbons (Fsp3) is 0.500. The molecular formula is C24H31FN4O6S2. The van der Waals surface area contributed by atoms with Gasteiger partial charge >= 0.3 is 0 Å². The van der Waals surface area contributed by atoms with Crippen molar-refractivity contribution in [3.05, 3.63) is 41.2 Å². The van der Waals surface area contributed by atoms with Crippen molar-refractivity contribution >= 4 is 48.4 Å². The van der Waals surface area contributed by atoms with Crippen molar-refractivity contribution in [1.29, 1.82) is 0 Å². The summed E-state index contributed by atoms with van der Waals surface area (Å²) in [6.07, 6.45) is 5.94. The van der Waals surface area contributed by atoms with Gasteiger partial charge in [-0.25, -0.2) is 25.5 Å². The molecule has 1 aliphatic carbocycles. The minimum Gasteiger partial charge on any atom is -0.437 e. The van der Waals surface area contributed by atoms with Crippen LogP contribution in [0.15, 0.2) is 28.7 Å². The maximum atomic E-state index is 13.6. The van der Waals surface area contributed by atoms with E-state index >= 15 is 0 Å². The van der Waals surface area contributed by atoms with Crippen LogP contribution < -0.4 is 9.62 Å². The van der Waals surface area contributed by atoms with Crippen LogP contribution in [0.1, 0.15) is 47.9 Å². The van der Waals surface area contributed by atoms with Gasteiger partial charge in [0.15, 0.2) is 0 Å². The lowest BCUT2D eigenvalue weighted by Crippen LogP contribution is -2.35. The van der Waals surface area contributed by atoms with Gasteiger partial charge in [0, 0.05) is 38.7 Å². The number of anilines is 1. The summed E-state index contributed by atoms with van der Waals surface area (Å²) in [5.74, 6) is 0.0956. The third kappa shape index (κ3) is 5.58. The van der Waals surface area contributed by atoms with Gasteiger partial charge in [-0.1, -0.05) is 19.1 Å². The fourth-order valence-electron chi connectivity index (χ4n) is 4.61. The Morgan fingerprint density at radius 1 is 1.38 bits per heavy atom. The third-order valence-electron chi connectivity index (χ3n) is 6.49. The highest BCUT2D eigenvalue weighted by Gasteiger charge is 2.30.